The monoisotopic (exact) mass is 280 g/mol. The molecule has 0 aromatic carbocycles. The average Bonchev–Trinajstić information content (AvgIpc) is 3.22. The summed E-state index contributed by atoms with van der Waals surface area (Å²) in [4.78, 5) is 0. The maximum atomic E-state index is 2.83. The van der Waals surface area contributed by atoms with Crippen LogP contribution in [0.5, 0.6) is 0 Å². The zero-order valence-corrected chi connectivity index (χ0v) is 13.1. The highest BCUT2D eigenvalue weighted by atomic mass is 14.7. The minimum absolute atomic E-state index is 1.03. The quantitative estimate of drug-likeness (QED) is 0.553. The van der Waals surface area contributed by atoms with Gasteiger partial charge < -0.3 is 0 Å². The van der Waals surface area contributed by atoms with Crippen LogP contribution in [0, 0.1) is 65.1 Å². The van der Waals surface area contributed by atoms with Crippen molar-refractivity contribution in [3.63, 3.8) is 0 Å². The van der Waals surface area contributed by atoms with E-state index in [4.69, 9.17) is 0 Å². The second kappa shape index (κ2) is 3.46. The van der Waals surface area contributed by atoms with Gasteiger partial charge >= 0.3 is 0 Å². The van der Waals surface area contributed by atoms with Crippen LogP contribution in [0.15, 0.2) is 11.6 Å². The van der Waals surface area contributed by atoms with Gasteiger partial charge in [-0.15, -0.1) is 0 Å². The van der Waals surface area contributed by atoms with Gasteiger partial charge in [-0.25, -0.2) is 0 Å². The lowest BCUT2D eigenvalue weighted by atomic mass is 9.54. The first-order chi connectivity index (χ1) is 10.4. The van der Waals surface area contributed by atoms with E-state index in [0.29, 0.717) is 0 Å². The Morgan fingerprint density at radius 1 is 0.714 bits per heavy atom. The lowest BCUT2D eigenvalue weighted by Crippen LogP contribution is -2.44. The zero-order valence-electron chi connectivity index (χ0n) is 13.1. The first-order valence-corrected chi connectivity index (χ1v) is 10.1. The topological polar surface area (TPSA) is 0 Å². The Morgan fingerprint density at radius 2 is 1.52 bits per heavy atom. The van der Waals surface area contributed by atoms with Crippen molar-refractivity contribution >= 4 is 0 Å². The van der Waals surface area contributed by atoms with E-state index in [1.54, 1.807) is 51.4 Å². The third-order valence-corrected chi connectivity index (χ3v) is 10.0. The van der Waals surface area contributed by atoms with Crippen molar-refractivity contribution in [3.05, 3.63) is 11.6 Å². The summed E-state index contributed by atoms with van der Waals surface area (Å²) >= 11 is 0. The molecular formula is C21H28. The Morgan fingerprint density at radius 3 is 2.52 bits per heavy atom. The van der Waals surface area contributed by atoms with Gasteiger partial charge in [-0.2, -0.15) is 0 Å². The van der Waals surface area contributed by atoms with Crippen LogP contribution in [0.1, 0.15) is 51.4 Å². The third kappa shape index (κ3) is 1.14. The SMILES string of the molecule is C1=C2CC3CCCC4C5CC(C6CC7C2CC1C7CC56)C34. The molecule has 7 aliphatic rings. The highest BCUT2D eigenvalue weighted by molar-refractivity contribution is 5.28. The van der Waals surface area contributed by atoms with Gasteiger partial charge in [0.05, 0.1) is 0 Å². The molecule has 11 atom stereocenters. The van der Waals surface area contributed by atoms with Crippen LogP contribution in [0.25, 0.3) is 0 Å². The average molecular weight is 280 g/mol. The van der Waals surface area contributed by atoms with Gasteiger partial charge in [0.1, 0.15) is 0 Å². The molecule has 0 amide bonds. The Bertz CT molecular complexity index is 544. The van der Waals surface area contributed by atoms with Gasteiger partial charge in [-0.05, 0) is 110 Å². The summed E-state index contributed by atoms with van der Waals surface area (Å²) < 4.78 is 0. The summed E-state index contributed by atoms with van der Waals surface area (Å²) in [6.45, 7) is 0. The molecule has 0 saturated heterocycles. The fourth-order valence-corrected chi connectivity index (χ4v) is 9.80. The first-order valence-electron chi connectivity index (χ1n) is 10.1. The molecule has 6 bridgehead atoms. The molecule has 0 radical (unpaired) electrons. The van der Waals surface area contributed by atoms with Crippen LogP contribution in [-0.4, -0.2) is 0 Å². The number of hydrogen-bond donors (Lipinski definition) is 0. The normalized spacial score (nSPS) is 68.2. The van der Waals surface area contributed by atoms with Crippen molar-refractivity contribution in [2.75, 3.05) is 0 Å². The Hall–Kier alpha value is -0.260. The molecule has 0 nitrogen and oxygen atoms in total. The lowest BCUT2D eigenvalue weighted by Gasteiger charge is -2.50. The van der Waals surface area contributed by atoms with Gasteiger partial charge in [-0.1, -0.05) is 18.1 Å². The lowest BCUT2D eigenvalue weighted by molar-refractivity contribution is -0.0184. The van der Waals surface area contributed by atoms with Crippen molar-refractivity contribution in [2.45, 2.75) is 51.4 Å². The summed E-state index contributed by atoms with van der Waals surface area (Å²) in [6.07, 6.45) is 15.7. The maximum Gasteiger partial charge on any atom is -0.0166 e. The second-order valence-electron chi connectivity index (χ2n) is 10.1. The summed E-state index contributed by atoms with van der Waals surface area (Å²) in [7, 11) is 0. The van der Waals surface area contributed by atoms with Crippen LogP contribution >= 0.6 is 0 Å². The van der Waals surface area contributed by atoms with E-state index >= 15 is 0 Å². The van der Waals surface area contributed by atoms with Gasteiger partial charge in [0.25, 0.3) is 0 Å². The van der Waals surface area contributed by atoms with E-state index in [0.717, 1.165) is 29.6 Å². The number of rotatable bonds is 0. The molecular weight excluding hydrogens is 252 g/mol. The Kier molecular flexibility index (Phi) is 1.86. The standard InChI is InChI=1S/C21H28/c1-2-10-4-11-5-12-6-14(11)17-8-19-18(7-15(12)17)16-9-20(19)21(10)13(16)3-1/h5,10,12-21H,1-4,6-9H2. The van der Waals surface area contributed by atoms with Gasteiger partial charge in [-0.3, -0.25) is 0 Å². The third-order valence-electron chi connectivity index (χ3n) is 10.0. The molecule has 6 saturated carbocycles. The molecule has 0 N–H and O–H groups in total. The van der Waals surface area contributed by atoms with Crippen LogP contribution < -0.4 is 0 Å². The van der Waals surface area contributed by atoms with E-state index in [2.05, 4.69) is 6.08 Å². The van der Waals surface area contributed by atoms with Crippen molar-refractivity contribution < 1.29 is 0 Å². The molecule has 0 heterocycles. The minimum atomic E-state index is 1.03. The van der Waals surface area contributed by atoms with Gasteiger partial charge in [0, 0.05) is 0 Å². The van der Waals surface area contributed by atoms with Crippen LogP contribution in [0.3, 0.4) is 0 Å². The van der Waals surface area contributed by atoms with Crippen LogP contribution in [0.2, 0.25) is 0 Å². The molecule has 112 valence electrons. The zero-order chi connectivity index (χ0) is 13.3. The van der Waals surface area contributed by atoms with Gasteiger partial charge in [0.2, 0.25) is 0 Å². The van der Waals surface area contributed by atoms with Crippen molar-refractivity contribution in [1.29, 1.82) is 0 Å². The van der Waals surface area contributed by atoms with Crippen LogP contribution in [0.4, 0.5) is 0 Å². The smallest absolute Gasteiger partial charge is 0.0166 e. The molecule has 0 spiro atoms. The second-order valence-corrected chi connectivity index (χ2v) is 10.1. The summed E-state index contributed by atoms with van der Waals surface area (Å²) in [5.41, 5.74) is 1.98. The molecule has 11 unspecified atom stereocenters. The molecule has 6 fully saturated rings. The predicted octanol–water partition coefficient (Wildman–Crippen LogP) is 4.91. The fourth-order valence-electron chi connectivity index (χ4n) is 9.80. The van der Waals surface area contributed by atoms with Crippen molar-refractivity contribution in [2.24, 2.45) is 65.1 Å². The van der Waals surface area contributed by atoms with E-state index in [1.165, 1.54) is 35.5 Å². The fraction of sp³-hybridized carbons (Fsp3) is 0.905. The predicted molar refractivity (Wildman–Crippen MR) is 83.4 cm³/mol. The molecule has 7 aliphatic carbocycles. The van der Waals surface area contributed by atoms with E-state index in [1.807, 2.05) is 5.57 Å². The molecule has 0 aromatic rings. The van der Waals surface area contributed by atoms with Crippen molar-refractivity contribution in [1.82, 2.24) is 0 Å². The Labute approximate surface area is 128 Å². The molecule has 0 aromatic heterocycles. The van der Waals surface area contributed by atoms with Crippen molar-refractivity contribution in [3.8, 4) is 0 Å². The molecule has 21 heavy (non-hydrogen) atoms. The highest BCUT2D eigenvalue weighted by Gasteiger charge is 2.65. The Balaban J connectivity index is 1.44. The largest absolute Gasteiger partial charge is 0.0816 e. The summed E-state index contributed by atoms with van der Waals surface area (Å²) in [5.74, 6) is 12.6. The molecule has 0 heteroatoms. The number of allylic oxidation sites excluding steroid dienone is 2. The van der Waals surface area contributed by atoms with E-state index < -0.39 is 0 Å². The van der Waals surface area contributed by atoms with Gasteiger partial charge in [0.15, 0.2) is 0 Å². The summed E-state index contributed by atoms with van der Waals surface area (Å²) in [6, 6.07) is 0. The van der Waals surface area contributed by atoms with E-state index in [9.17, 15) is 0 Å². The molecule has 7 rings (SSSR count). The van der Waals surface area contributed by atoms with Crippen LogP contribution in [-0.2, 0) is 0 Å². The number of fused-ring (bicyclic) bond motifs is 5. The number of hydrogen-bond acceptors (Lipinski definition) is 0. The molecule has 0 aliphatic heterocycles. The highest BCUT2D eigenvalue weighted by Crippen LogP contribution is 2.72. The summed E-state index contributed by atoms with van der Waals surface area (Å²) in [5, 5.41) is 0. The minimum Gasteiger partial charge on any atom is -0.0816 e. The first kappa shape index (κ1) is 11.3. The maximum absolute atomic E-state index is 2.83. The van der Waals surface area contributed by atoms with E-state index in [-0.39, 0.29) is 0 Å².